The molecule has 0 spiro atoms. The van der Waals surface area contributed by atoms with Crippen molar-refractivity contribution in [3.63, 3.8) is 0 Å². The molecular weight excluding hydrogens is 745 g/mol. The van der Waals surface area contributed by atoms with Crippen LogP contribution in [0.15, 0.2) is 66.6 Å². The maximum absolute atomic E-state index is 16.0. The van der Waals surface area contributed by atoms with Crippen LogP contribution in [0.5, 0.6) is 5.75 Å². The van der Waals surface area contributed by atoms with Crippen LogP contribution in [0.25, 0.3) is 0 Å². The first-order valence-corrected chi connectivity index (χ1v) is 17.7. The minimum absolute atomic E-state index is 0.0134. The van der Waals surface area contributed by atoms with Crippen LogP contribution in [0.2, 0.25) is 10.0 Å². The minimum Gasteiger partial charge on any atom is -0.495 e. The fourth-order valence-electron chi connectivity index (χ4n) is 6.79. The van der Waals surface area contributed by atoms with Gasteiger partial charge in [0, 0.05) is 36.4 Å². The minimum atomic E-state index is -1.83. The number of amides is 2. The van der Waals surface area contributed by atoms with Crippen molar-refractivity contribution < 1.29 is 42.1 Å². The van der Waals surface area contributed by atoms with E-state index >= 15 is 8.78 Å². The predicted octanol–water partition coefficient (Wildman–Crippen LogP) is 7.14. The number of nitriles is 1. The first kappa shape index (κ1) is 40.3. The highest BCUT2D eigenvalue weighted by Gasteiger charge is 2.61. The lowest BCUT2D eigenvalue weighted by atomic mass is 9.62. The van der Waals surface area contributed by atoms with Crippen LogP contribution in [0.3, 0.4) is 0 Å². The molecule has 11 nitrogen and oxygen atoms in total. The number of benzene rings is 3. The number of methoxy groups -OCH3 is 1. The summed E-state index contributed by atoms with van der Waals surface area (Å²) in [4.78, 5) is 39.6. The van der Waals surface area contributed by atoms with Crippen LogP contribution in [0.1, 0.15) is 68.4 Å². The summed E-state index contributed by atoms with van der Waals surface area (Å²) < 4.78 is 53.4. The van der Waals surface area contributed by atoms with Gasteiger partial charge in [-0.25, -0.2) is 13.6 Å². The number of carbonyl (C=O) groups is 3. The summed E-state index contributed by atoms with van der Waals surface area (Å²) >= 11 is 12.3. The van der Waals surface area contributed by atoms with E-state index in [4.69, 9.17) is 42.1 Å². The molecule has 3 aromatic rings. The van der Waals surface area contributed by atoms with E-state index in [1.54, 1.807) is 13.8 Å². The summed E-state index contributed by atoms with van der Waals surface area (Å²) in [6.45, 7) is 8.66. The number of rotatable bonds is 11. The number of carbonyl (C=O) groups excluding carboxylic acids is 3. The molecule has 2 aliphatic rings. The highest BCUT2D eigenvalue weighted by molar-refractivity contribution is 6.31. The normalized spacial score (nSPS) is 21.6. The van der Waals surface area contributed by atoms with Gasteiger partial charge < -0.3 is 34.9 Å². The van der Waals surface area contributed by atoms with E-state index in [-0.39, 0.29) is 51.1 Å². The van der Waals surface area contributed by atoms with Gasteiger partial charge in [0.25, 0.3) is 5.91 Å². The number of anilines is 1. The van der Waals surface area contributed by atoms with E-state index in [0.29, 0.717) is 5.76 Å². The Labute approximate surface area is 321 Å². The Bertz CT molecular complexity index is 2030. The summed E-state index contributed by atoms with van der Waals surface area (Å²) in [6, 6.07) is 12.3. The van der Waals surface area contributed by atoms with Crippen molar-refractivity contribution in [2.24, 2.45) is 5.41 Å². The van der Waals surface area contributed by atoms with Crippen molar-refractivity contribution in [2.75, 3.05) is 25.6 Å². The maximum Gasteiger partial charge on any atom is 0.338 e. The smallest absolute Gasteiger partial charge is 0.338 e. The van der Waals surface area contributed by atoms with Crippen molar-refractivity contribution >= 4 is 46.7 Å². The third-order valence-electron chi connectivity index (χ3n) is 9.07. The number of ether oxygens (including phenoxy) is 4. The first-order chi connectivity index (χ1) is 25.4. The molecule has 2 aliphatic heterocycles. The van der Waals surface area contributed by atoms with E-state index < -0.39 is 70.6 Å². The molecule has 1 fully saturated rings. The number of esters is 1. The van der Waals surface area contributed by atoms with Gasteiger partial charge in [0.15, 0.2) is 12.4 Å². The maximum atomic E-state index is 16.0. The second-order valence-electron chi connectivity index (χ2n) is 14.6. The molecule has 3 aromatic carbocycles. The van der Waals surface area contributed by atoms with Crippen molar-refractivity contribution in [3.8, 4) is 11.8 Å². The first-order valence-electron chi connectivity index (χ1n) is 16.9. The monoisotopic (exact) mass is 784 g/mol. The van der Waals surface area contributed by atoms with Crippen LogP contribution in [0.4, 0.5) is 14.5 Å². The fourth-order valence-corrected chi connectivity index (χ4v) is 7.13. The molecule has 2 amide bonds. The Morgan fingerprint density at radius 1 is 1.07 bits per heavy atom. The van der Waals surface area contributed by atoms with Crippen LogP contribution in [0, 0.1) is 28.4 Å². The molecule has 0 saturated carbocycles. The number of halogens is 4. The fraction of sp³-hybridized carbons (Fsp3) is 0.385. The van der Waals surface area contributed by atoms with Crippen molar-refractivity contribution in [1.82, 2.24) is 10.6 Å². The van der Waals surface area contributed by atoms with Gasteiger partial charge in [0.2, 0.25) is 11.7 Å². The lowest BCUT2D eigenvalue weighted by Crippen LogP contribution is -2.45. The lowest BCUT2D eigenvalue weighted by Gasteiger charge is -2.37. The Kier molecular flexibility index (Phi) is 11.8. The summed E-state index contributed by atoms with van der Waals surface area (Å²) in [5.41, 5.74) is -2.26. The molecule has 2 heterocycles. The standard InChI is InChI=1S/C39H40Cl2F2N4O7/c1-37(2,3)16-30-39(20-44,25-12-11-22(40)15-27(25)42)32(24-8-7-9-26(41)33(24)43)34(47-30)35(49)46-28-13-10-21(14-29(28)51-6)36(50)52-19-31(48)45-17-23-18-53-38(4,5)54-23/h7-15,18,30,32,34,47H,16-17,19H2,1-6H3,(H,45,48)(H,46,49)/t30-,32-,34+,39-/m0/s1. The predicted molar refractivity (Wildman–Crippen MR) is 197 cm³/mol. The zero-order valence-corrected chi connectivity index (χ0v) is 32.0. The molecule has 3 N–H and O–H groups in total. The second kappa shape index (κ2) is 15.8. The summed E-state index contributed by atoms with van der Waals surface area (Å²) in [7, 11) is 1.32. The Morgan fingerprint density at radius 2 is 1.81 bits per heavy atom. The molecule has 1 saturated heterocycles. The van der Waals surface area contributed by atoms with Crippen LogP contribution >= 0.6 is 23.2 Å². The van der Waals surface area contributed by atoms with Crippen LogP contribution in [-0.4, -0.2) is 55.9 Å². The quantitative estimate of drug-likeness (QED) is 0.173. The van der Waals surface area contributed by atoms with Crippen molar-refractivity contribution in [2.45, 2.75) is 70.2 Å². The van der Waals surface area contributed by atoms with Crippen molar-refractivity contribution in [1.29, 1.82) is 5.26 Å². The van der Waals surface area contributed by atoms with E-state index in [9.17, 15) is 19.6 Å². The van der Waals surface area contributed by atoms with Gasteiger partial charge in [-0.1, -0.05) is 62.2 Å². The molecule has 286 valence electrons. The third-order valence-corrected chi connectivity index (χ3v) is 9.60. The number of nitrogens with one attached hydrogen (secondary N) is 3. The Balaban J connectivity index is 1.43. The SMILES string of the molecule is COc1cc(C(=O)OCC(=O)NCC2=COC(C)(C)O2)ccc1NC(=O)[C@@H]1N[C@@H](CC(C)(C)C)[C@](C#N)(c2ccc(Cl)cc2F)[C@H]1c1cccc(Cl)c1F. The Hall–Kier alpha value is -4.90. The van der Waals surface area contributed by atoms with E-state index in [0.717, 1.165) is 6.07 Å². The van der Waals surface area contributed by atoms with E-state index in [2.05, 4.69) is 22.0 Å². The Morgan fingerprint density at radius 3 is 2.44 bits per heavy atom. The van der Waals surface area contributed by atoms with Gasteiger partial charge in [-0.05, 0) is 53.8 Å². The van der Waals surface area contributed by atoms with Gasteiger partial charge in [-0.15, -0.1) is 0 Å². The zero-order chi connectivity index (χ0) is 39.6. The largest absolute Gasteiger partial charge is 0.495 e. The van der Waals surface area contributed by atoms with E-state index in [1.807, 2.05) is 20.8 Å². The third kappa shape index (κ3) is 8.57. The molecule has 5 rings (SSSR count). The molecule has 0 bridgehead atoms. The molecule has 4 atom stereocenters. The van der Waals surface area contributed by atoms with Gasteiger partial charge in [-0.2, -0.15) is 5.26 Å². The van der Waals surface area contributed by atoms with E-state index in [1.165, 1.54) is 61.9 Å². The highest BCUT2D eigenvalue weighted by Crippen LogP contribution is 2.53. The highest BCUT2D eigenvalue weighted by atomic mass is 35.5. The topological polar surface area (TPSA) is 148 Å². The molecule has 0 unspecified atom stereocenters. The van der Waals surface area contributed by atoms with Crippen LogP contribution in [-0.2, 0) is 29.2 Å². The number of nitrogens with zero attached hydrogens (tertiary/aromatic N) is 1. The zero-order valence-electron chi connectivity index (χ0n) is 30.4. The average molecular weight is 786 g/mol. The van der Waals surface area contributed by atoms with Gasteiger partial charge >= 0.3 is 5.97 Å². The van der Waals surface area contributed by atoms with Gasteiger partial charge in [0.05, 0.1) is 42.0 Å². The number of hydrogen-bond donors (Lipinski definition) is 3. The van der Waals surface area contributed by atoms with Crippen LogP contribution < -0.4 is 20.7 Å². The molecular formula is C39H40Cl2F2N4O7. The van der Waals surface area contributed by atoms with Gasteiger partial charge in [-0.3, -0.25) is 9.59 Å². The molecule has 15 heteroatoms. The average Bonchev–Trinajstić information content (AvgIpc) is 3.62. The van der Waals surface area contributed by atoms with Gasteiger partial charge in [0.1, 0.15) is 29.1 Å². The molecule has 0 radical (unpaired) electrons. The summed E-state index contributed by atoms with van der Waals surface area (Å²) in [5.74, 6) is -5.46. The number of hydrogen-bond acceptors (Lipinski definition) is 9. The summed E-state index contributed by atoms with van der Waals surface area (Å²) in [5, 5.41) is 19.5. The molecule has 0 aliphatic carbocycles. The summed E-state index contributed by atoms with van der Waals surface area (Å²) in [6.07, 6.45) is 1.67. The lowest BCUT2D eigenvalue weighted by molar-refractivity contribution is -0.126. The molecule has 54 heavy (non-hydrogen) atoms. The van der Waals surface area contributed by atoms with Crippen molar-refractivity contribution in [3.05, 3.63) is 105 Å². The second-order valence-corrected chi connectivity index (χ2v) is 15.5. The molecule has 0 aromatic heterocycles.